The molecule has 104 valence electrons. The molecule has 3 heteroatoms. The fourth-order valence-electron chi connectivity index (χ4n) is 3.02. The number of rotatable bonds is 1. The minimum absolute atomic E-state index is 0.644. The molecule has 0 aliphatic carbocycles. The van der Waals surface area contributed by atoms with E-state index in [1.165, 1.54) is 0 Å². The molecule has 2 N–H and O–H groups in total. The highest BCUT2D eigenvalue weighted by Crippen LogP contribution is 2.35. The lowest BCUT2D eigenvalue weighted by Gasteiger charge is -2.07. The molecule has 1 aromatic heterocycles. The van der Waals surface area contributed by atoms with Crippen LogP contribution in [0.4, 0.5) is 5.69 Å². The Labute approximate surface area is 127 Å². The van der Waals surface area contributed by atoms with E-state index in [1.54, 1.807) is 0 Å². The predicted molar refractivity (Wildman–Crippen MR) is 89.9 cm³/mol. The Hall–Kier alpha value is -3.25. The van der Waals surface area contributed by atoms with Crippen LogP contribution < -0.4 is 5.73 Å². The zero-order valence-corrected chi connectivity index (χ0v) is 11.8. The SMILES string of the molecule is N#Cc1ccc2c3c(N)cccc3n(-c3ccccc3)c2c1. The first-order valence-corrected chi connectivity index (χ1v) is 7.08. The van der Waals surface area contributed by atoms with E-state index < -0.39 is 0 Å². The molecular formula is C19H13N3. The summed E-state index contributed by atoms with van der Waals surface area (Å²) in [5.74, 6) is 0. The molecule has 0 bridgehead atoms. The second-order valence-electron chi connectivity index (χ2n) is 5.26. The molecular weight excluding hydrogens is 270 g/mol. The highest BCUT2D eigenvalue weighted by molar-refractivity contribution is 6.14. The molecule has 22 heavy (non-hydrogen) atoms. The van der Waals surface area contributed by atoms with Crippen LogP contribution in [-0.2, 0) is 0 Å². The standard InChI is InChI=1S/C19H13N3/c20-12-13-9-10-15-18(11-13)22(14-5-2-1-3-6-14)17-8-4-7-16(21)19(15)17/h1-11H,21H2. The van der Waals surface area contributed by atoms with Crippen molar-refractivity contribution in [2.45, 2.75) is 0 Å². The van der Waals surface area contributed by atoms with Crippen molar-refractivity contribution in [2.24, 2.45) is 0 Å². The van der Waals surface area contributed by atoms with E-state index in [9.17, 15) is 5.26 Å². The molecule has 0 aliphatic rings. The van der Waals surface area contributed by atoms with E-state index in [0.29, 0.717) is 5.56 Å². The summed E-state index contributed by atoms with van der Waals surface area (Å²) in [5, 5.41) is 11.3. The van der Waals surface area contributed by atoms with Crippen molar-refractivity contribution in [1.29, 1.82) is 5.26 Å². The number of nitrogens with zero attached hydrogens (tertiary/aromatic N) is 2. The predicted octanol–water partition coefficient (Wildman–Crippen LogP) is 4.24. The van der Waals surface area contributed by atoms with Crippen molar-refractivity contribution >= 4 is 27.5 Å². The molecule has 4 rings (SSSR count). The highest BCUT2D eigenvalue weighted by atomic mass is 15.0. The molecule has 0 fully saturated rings. The Morgan fingerprint density at radius 2 is 1.68 bits per heavy atom. The number of nitrogen functional groups attached to an aromatic ring is 1. The smallest absolute Gasteiger partial charge is 0.0992 e. The third-order valence-electron chi connectivity index (χ3n) is 3.97. The normalized spacial score (nSPS) is 10.9. The summed E-state index contributed by atoms with van der Waals surface area (Å²) < 4.78 is 2.15. The van der Waals surface area contributed by atoms with Gasteiger partial charge in [0.25, 0.3) is 0 Å². The zero-order chi connectivity index (χ0) is 15.1. The Morgan fingerprint density at radius 3 is 2.45 bits per heavy atom. The number of fused-ring (bicyclic) bond motifs is 3. The lowest BCUT2D eigenvalue weighted by atomic mass is 10.1. The molecule has 0 spiro atoms. The molecule has 0 radical (unpaired) electrons. The van der Waals surface area contributed by atoms with E-state index in [4.69, 9.17) is 5.73 Å². The van der Waals surface area contributed by atoms with Gasteiger partial charge in [0.1, 0.15) is 0 Å². The van der Waals surface area contributed by atoms with Crippen molar-refractivity contribution in [3.63, 3.8) is 0 Å². The van der Waals surface area contributed by atoms with E-state index in [-0.39, 0.29) is 0 Å². The van der Waals surface area contributed by atoms with Gasteiger partial charge in [0.2, 0.25) is 0 Å². The van der Waals surface area contributed by atoms with Crippen LogP contribution in [0.1, 0.15) is 5.56 Å². The molecule has 1 heterocycles. The molecule has 0 unspecified atom stereocenters. The minimum Gasteiger partial charge on any atom is -0.398 e. The van der Waals surface area contributed by atoms with Crippen LogP contribution in [0.2, 0.25) is 0 Å². The third kappa shape index (κ3) is 1.68. The van der Waals surface area contributed by atoms with Gasteiger partial charge in [-0.05, 0) is 36.4 Å². The molecule has 3 nitrogen and oxygen atoms in total. The average Bonchev–Trinajstić information content (AvgIpc) is 2.90. The van der Waals surface area contributed by atoms with E-state index >= 15 is 0 Å². The summed E-state index contributed by atoms with van der Waals surface area (Å²) in [5.41, 5.74) is 10.7. The lowest BCUT2D eigenvalue weighted by Crippen LogP contribution is -1.93. The summed E-state index contributed by atoms with van der Waals surface area (Å²) in [6, 6.07) is 24.0. The summed E-state index contributed by atoms with van der Waals surface area (Å²) in [7, 11) is 0. The van der Waals surface area contributed by atoms with E-state index in [0.717, 1.165) is 33.2 Å². The number of nitrogens with two attached hydrogens (primary N) is 1. The maximum atomic E-state index is 9.20. The number of nitriles is 1. The summed E-state index contributed by atoms with van der Waals surface area (Å²) >= 11 is 0. The maximum absolute atomic E-state index is 9.20. The molecule has 4 aromatic rings. The molecule has 0 aliphatic heterocycles. The molecule has 0 saturated carbocycles. The average molecular weight is 283 g/mol. The third-order valence-corrected chi connectivity index (χ3v) is 3.97. The van der Waals surface area contributed by atoms with Gasteiger partial charge in [-0.2, -0.15) is 5.26 Å². The summed E-state index contributed by atoms with van der Waals surface area (Å²) in [6.07, 6.45) is 0. The zero-order valence-electron chi connectivity index (χ0n) is 11.8. The second-order valence-corrected chi connectivity index (χ2v) is 5.26. The van der Waals surface area contributed by atoms with Gasteiger partial charge in [-0.25, -0.2) is 0 Å². The van der Waals surface area contributed by atoms with Crippen LogP contribution in [0, 0.1) is 11.3 Å². The monoisotopic (exact) mass is 283 g/mol. The van der Waals surface area contributed by atoms with Crippen LogP contribution in [0.15, 0.2) is 66.7 Å². The maximum Gasteiger partial charge on any atom is 0.0992 e. The fraction of sp³-hybridized carbons (Fsp3) is 0. The first-order chi connectivity index (χ1) is 10.8. The highest BCUT2D eigenvalue weighted by Gasteiger charge is 2.14. The Kier molecular flexibility index (Phi) is 2.64. The van der Waals surface area contributed by atoms with Gasteiger partial charge in [-0.3, -0.25) is 0 Å². The van der Waals surface area contributed by atoms with Gasteiger partial charge in [0.15, 0.2) is 0 Å². The Morgan fingerprint density at radius 1 is 0.864 bits per heavy atom. The van der Waals surface area contributed by atoms with Crippen molar-refractivity contribution in [1.82, 2.24) is 4.57 Å². The molecule has 0 saturated heterocycles. The van der Waals surface area contributed by atoms with Crippen LogP contribution in [-0.4, -0.2) is 4.57 Å². The van der Waals surface area contributed by atoms with E-state index in [2.05, 4.69) is 28.8 Å². The topological polar surface area (TPSA) is 54.7 Å². The van der Waals surface area contributed by atoms with Crippen LogP contribution in [0.3, 0.4) is 0 Å². The van der Waals surface area contributed by atoms with Gasteiger partial charge >= 0.3 is 0 Å². The van der Waals surface area contributed by atoms with Crippen molar-refractivity contribution < 1.29 is 0 Å². The molecule has 0 amide bonds. The largest absolute Gasteiger partial charge is 0.398 e. The van der Waals surface area contributed by atoms with Gasteiger partial charge in [-0.1, -0.05) is 30.3 Å². The Balaban J connectivity index is 2.25. The van der Waals surface area contributed by atoms with E-state index in [1.807, 2.05) is 48.5 Å². The second kappa shape index (κ2) is 4.64. The number of hydrogen-bond acceptors (Lipinski definition) is 2. The minimum atomic E-state index is 0.644. The number of para-hydroxylation sites is 1. The van der Waals surface area contributed by atoms with Crippen LogP contribution in [0.25, 0.3) is 27.5 Å². The van der Waals surface area contributed by atoms with Crippen LogP contribution in [0.5, 0.6) is 0 Å². The van der Waals surface area contributed by atoms with Gasteiger partial charge in [0.05, 0.1) is 22.7 Å². The first-order valence-electron chi connectivity index (χ1n) is 7.08. The van der Waals surface area contributed by atoms with Gasteiger partial charge in [0, 0.05) is 22.1 Å². The number of anilines is 1. The fourth-order valence-corrected chi connectivity index (χ4v) is 3.02. The quantitative estimate of drug-likeness (QED) is 0.531. The van der Waals surface area contributed by atoms with Gasteiger partial charge < -0.3 is 10.3 Å². The summed E-state index contributed by atoms with van der Waals surface area (Å²) in [6.45, 7) is 0. The Bertz CT molecular complexity index is 1040. The lowest BCUT2D eigenvalue weighted by molar-refractivity contribution is 1.18. The van der Waals surface area contributed by atoms with Gasteiger partial charge in [-0.15, -0.1) is 0 Å². The molecule has 0 atom stereocenters. The molecule has 3 aromatic carbocycles. The number of aromatic nitrogens is 1. The number of benzene rings is 3. The summed E-state index contributed by atoms with van der Waals surface area (Å²) in [4.78, 5) is 0. The number of hydrogen-bond donors (Lipinski definition) is 1. The first kappa shape index (κ1) is 12.5. The van der Waals surface area contributed by atoms with Crippen molar-refractivity contribution in [3.8, 4) is 11.8 Å². The van der Waals surface area contributed by atoms with Crippen molar-refractivity contribution in [2.75, 3.05) is 5.73 Å². The van der Waals surface area contributed by atoms with Crippen LogP contribution >= 0.6 is 0 Å². The van der Waals surface area contributed by atoms with Crippen molar-refractivity contribution in [3.05, 3.63) is 72.3 Å².